The summed E-state index contributed by atoms with van der Waals surface area (Å²) in [4.78, 5) is 4.42. The lowest BCUT2D eigenvalue weighted by molar-refractivity contribution is 0.00578. The van der Waals surface area contributed by atoms with Crippen molar-refractivity contribution >= 4 is 24.1 Å². The fourth-order valence-electron chi connectivity index (χ4n) is 2.55. The minimum absolute atomic E-state index is 0.361. The van der Waals surface area contributed by atoms with Crippen LogP contribution in [0.15, 0.2) is 36.1 Å². The van der Waals surface area contributed by atoms with Gasteiger partial charge in [0.05, 0.1) is 23.8 Å². The monoisotopic (exact) mass is 329 g/mol. The Balaban J connectivity index is 1.97. The average molecular weight is 329 g/mol. The van der Waals surface area contributed by atoms with E-state index in [0.717, 1.165) is 10.9 Å². The van der Waals surface area contributed by atoms with Gasteiger partial charge in [-0.1, -0.05) is 18.2 Å². The SMILES string of the molecule is COc1nc2ccccc2cc1C=C(F)B1OC(C)(C)C(C)(C)O1. The molecule has 0 saturated carbocycles. The van der Waals surface area contributed by atoms with Crippen molar-refractivity contribution in [2.75, 3.05) is 7.11 Å². The lowest BCUT2D eigenvalue weighted by Gasteiger charge is -2.32. The number of ether oxygens (including phenoxy) is 1. The predicted molar refractivity (Wildman–Crippen MR) is 93.5 cm³/mol. The van der Waals surface area contributed by atoms with E-state index in [-0.39, 0.29) is 0 Å². The zero-order valence-corrected chi connectivity index (χ0v) is 14.6. The normalized spacial score (nSPS) is 19.8. The molecule has 6 heteroatoms. The maximum atomic E-state index is 14.7. The molecule has 0 spiro atoms. The second-order valence-electron chi connectivity index (χ2n) is 6.90. The number of hydrogen-bond acceptors (Lipinski definition) is 4. The number of fused-ring (bicyclic) bond motifs is 1. The standard InChI is InChI=1S/C18H21BFNO3/c1-17(2)18(3,4)24-19(23-17)15(20)11-13-10-12-8-6-7-9-14(12)21-16(13)22-5/h6-11H,1-5H3. The number of benzene rings is 1. The van der Waals surface area contributed by atoms with Crippen LogP contribution < -0.4 is 4.74 Å². The van der Waals surface area contributed by atoms with Gasteiger partial charge in [-0.05, 0) is 45.9 Å². The molecular weight excluding hydrogens is 308 g/mol. The van der Waals surface area contributed by atoms with Crippen LogP contribution >= 0.6 is 0 Å². The Morgan fingerprint density at radius 2 is 1.79 bits per heavy atom. The molecule has 1 aromatic heterocycles. The summed E-state index contributed by atoms with van der Waals surface area (Å²) in [5.41, 5.74) is -0.349. The first-order chi connectivity index (χ1) is 11.2. The predicted octanol–water partition coefficient (Wildman–Crippen LogP) is 4.19. The van der Waals surface area contributed by atoms with Crippen LogP contribution in [0.5, 0.6) is 5.88 Å². The highest BCUT2D eigenvalue weighted by atomic mass is 19.1. The van der Waals surface area contributed by atoms with Crippen molar-refractivity contribution in [3.05, 3.63) is 41.6 Å². The third-order valence-electron chi connectivity index (χ3n) is 4.68. The number of nitrogens with zero attached hydrogens (tertiary/aromatic N) is 1. The van der Waals surface area contributed by atoms with Gasteiger partial charge in [0, 0.05) is 10.9 Å². The highest BCUT2D eigenvalue weighted by Crippen LogP contribution is 2.39. The van der Waals surface area contributed by atoms with Crippen LogP contribution in [0.4, 0.5) is 4.39 Å². The number of pyridine rings is 1. The Labute approximate surface area is 141 Å². The molecule has 0 atom stereocenters. The van der Waals surface area contributed by atoms with E-state index in [1.807, 2.05) is 58.0 Å². The van der Waals surface area contributed by atoms with E-state index >= 15 is 0 Å². The Kier molecular flexibility index (Phi) is 4.14. The summed E-state index contributed by atoms with van der Waals surface area (Å²) in [7, 11) is 0.479. The van der Waals surface area contributed by atoms with Crippen LogP contribution in [0, 0.1) is 0 Å². The summed E-state index contributed by atoms with van der Waals surface area (Å²) in [5, 5.41) is 0.909. The highest BCUT2D eigenvalue weighted by Gasteiger charge is 2.53. The second-order valence-corrected chi connectivity index (χ2v) is 6.90. The number of para-hydroxylation sites is 1. The Morgan fingerprint density at radius 1 is 1.17 bits per heavy atom. The molecule has 0 radical (unpaired) electrons. The Bertz CT molecular complexity index is 788. The summed E-state index contributed by atoms with van der Waals surface area (Å²) in [6.07, 6.45) is 1.36. The molecule has 0 amide bonds. The van der Waals surface area contributed by atoms with E-state index in [0.29, 0.717) is 11.4 Å². The molecule has 0 aliphatic carbocycles. The van der Waals surface area contributed by atoms with Gasteiger partial charge in [-0.2, -0.15) is 0 Å². The molecule has 1 fully saturated rings. The minimum Gasteiger partial charge on any atom is -0.481 e. The molecule has 2 aromatic rings. The summed E-state index contributed by atoms with van der Waals surface area (Å²) in [5.74, 6) is 0.361. The molecule has 24 heavy (non-hydrogen) atoms. The zero-order valence-electron chi connectivity index (χ0n) is 14.6. The van der Waals surface area contributed by atoms with E-state index in [1.165, 1.54) is 13.2 Å². The van der Waals surface area contributed by atoms with Gasteiger partial charge in [0.25, 0.3) is 0 Å². The molecular formula is C18H21BFNO3. The molecule has 126 valence electrons. The van der Waals surface area contributed by atoms with Crippen molar-refractivity contribution < 1.29 is 18.4 Å². The molecule has 1 aliphatic rings. The van der Waals surface area contributed by atoms with Gasteiger partial charge in [-0.15, -0.1) is 0 Å². The van der Waals surface area contributed by atoms with E-state index in [9.17, 15) is 4.39 Å². The van der Waals surface area contributed by atoms with Gasteiger partial charge < -0.3 is 14.0 Å². The van der Waals surface area contributed by atoms with Crippen molar-refractivity contribution in [1.29, 1.82) is 0 Å². The quantitative estimate of drug-likeness (QED) is 0.792. The maximum Gasteiger partial charge on any atom is 0.525 e. The van der Waals surface area contributed by atoms with Crippen LogP contribution in [-0.2, 0) is 9.31 Å². The highest BCUT2D eigenvalue weighted by molar-refractivity contribution is 6.54. The second kappa shape index (κ2) is 5.86. The largest absolute Gasteiger partial charge is 0.525 e. The molecule has 1 saturated heterocycles. The van der Waals surface area contributed by atoms with Crippen molar-refractivity contribution in [2.24, 2.45) is 0 Å². The third-order valence-corrected chi connectivity index (χ3v) is 4.68. The smallest absolute Gasteiger partial charge is 0.481 e. The summed E-state index contributed by atoms with van der Waals surface area (Å²) < 4.78 is 31.5. The summed E-state index contributed by atoms with van der Waals surface area (Å²) in [6, 6.07) is 9.46. The molecule has 2 heterocycles. The van der Waals surface area contributed by atoms with Crippen molar-refractivity contribution in [2.45, 2.75) is 38.9 Å². The Hall–Kier alpha value is -1.92. The molecule has 1 aliphatic heterocycles. The van der Waals surface area contributed by atoms with Crippen LogP contribution in [0.3, 0.4) is 0 Å². The van der Waals surface area contributed by atoms with Gasteiger partial charge in [0.15, 0.2) is 0 Å². The topological polar surface area (TPSA) is 40.6 Å². The number of hydrogen-bond donors (Lipinski definition) is 0. The van der Waals surface area contributed by atoms with Gasteiger partial charge in [-0.3, -0.25) is 0 Å². The van der Waals surface area contributed by atoms with Gasteiger partial charge in [0.2, 0.25) is 5.88 Å². The third kappa shape index (κ3) is 2.92. The lowest BCUT2D eigenvalue weighted by atomic mass is 9.87. The van der Waals surface area contributed by atoms with Crippen molar-refractivity contribution in [1.82, 2.24) is 4.98 Å². The van der Waals surface area contributed by atoms with Crippen LogP contribution in [0.25, 0.3) is 17.0 Å². The average Bonchev–Trinajstić information content (AvgIpc) is 2.75. The number of rotatable bonds is 3. The zero-order chi connectivity index (χ0) is 17.5. The first-order valence-electron chi connectivity index (χ1n) is 7.90. The van der Waals surface area contributed by atoms with Crippen LogP contribution in [-0.4, -0.2) is 30.4 Å². The molecule has 1 aromatic carbocycles. The number of halogens is 1. The number of methoxy groups -OCH3 is 1. The summed E-state index contributed by atoms with van der Waals surface area (Å²) in [6.45, 7) is 7.55. The fraction of sp³-hybridized carbons (Fsp3) is 0.389. The first kappa shape index (κ1) is 16.9. The van der Waals surface area contributed by atoms with Gasteiger partial charge in [0.1, 0.15) is 5.73 Å². The van der Waals surface area contributed by atoms with E-state index < -0.39 is 24.0 Å². The van der Waals surface area contributed by atoms with Crippen LogP contribution in [0.1, 0.15) is 33.3 Å². The molecule has 3 rings (SSSR count). The molecule has 0 bridgehead atoms. The van der Waals surface area contributed by atoms with E-state index in [2.05, 4.69) is 4.98 Å². The van der Waals surface area contributed by atoms with Gasteiger partial charge in [-0.25, -0.2) is 9.37 Å². The first-order valence-corrected chi connectivity index (χ1v) is 7.90. The van der Waals surface area contributed by atoms with Crippen LogP contribution in [0.2, 0.25) is 0 Å². The van der Waals surface area contributed by atoms with E-state index in [1.54, 1.807) is 0 Å². The number of aromatic nitrogens is 1. The fourth-order valence-corrected chi connectivity index (χ4v) is 2.55. The Morgan fingerprint density at radius 3 is 2.42 bits per heavy atom. The lowest BCUT2D eigenvalue weighted by Crippen LogP contribution is -2.41. The van der Waals surface area contributed by atoms with Crippen molar-refractivity contribution in [3.63, 3.8) is 0 Å². The van der Waals surface area contributed by atoms with E-state index in [4.69, 9.17) is 14.0 Å². The molecule has 4 nitrogen and oxygen atoms in total. The molecule has 0 N–H and O–H groups in total. The minimum atomic E-state index is -1.04. The van der Waals surface area contributed by atoms with Gasteiger partial charge >= 0.3 is 7.12 Å². The summed E-state index contributed by atoms with van der Waals surface area (Å²) >= 11 is 0. The molecule has 0 unspecified atom stereocenters. The maximum absolute atomic E-state index is 14.7. The van der Waals surface area contributed by atoms with Crippen molar-refractivity contribution in [3.8, 4) is 5.88 Å².